The maximum absolute atomic E-state index is 12.3. The summed E-state index contributed by atoms with van der Waals surface area (Å²) in [6.45, 7) is 0. The van der Waals surface area contributed by atoms with E-state index < -0.39 is 15.8 Å². The molecule has 0 aromatic heterocycles. The van der Waals surface area contributed by atoms with Crippen molar-refractivity contribution in [2.45, 2.75) is 4.90 Å². The van der Waals surface area contributed by atoms with E-state index in [0.29, 0.717) is 0 Å². The quantitative estimate of drug-likeness (QED) is 0.529. The van der Waals surface area contributed by atoms with E-state index in [1.165, 1.54) is 24.3 Å². The molecule has 0 aliphatic rings. The Kier molecular flexibility index (Phi) is 5.48. The van der Waals surface area contributed by atoms with Crippen molar-refractivity contribution in [1.29, 1.82) is 0 Å². The molecule has 0 radical (unpaired) electrons. The Balaban J connectivity index is 2.43. The average molecular weight is 414 g/mol. The van der Waals surface area contributed by atoms with Gasteiger partial charge in [-0.05, 0) is 30.3 Å². The Bertz CT molecular complexity index is 871. The van der Waals surface area contributed by atoms with E-state index in [0.717, 1.165) is 12.3 Å². The van der Waals surface area contributed by atoms with Crippen LogP contribution < -0.4 is 4.74 Å². The van der Waals surface area contributed by atoms with Crippen LogP contribution in [0, 0.1) is 0 Å². The van der Waals surface area contributed by atoms with Gasteiger partial charge in [0.15, 0.2) is 15.6 Å². The molecule has 0 amide bonds. The van der Waals surface area contributed by atoms with Gasteiger partial charge in [-0.15, -0.1) is 0 Å². The summed E-state index contributed by atoms with van der Waals surface area (Å²) in [6.07, 6.45) is 1.01. The van der Waals surface area contributed by atoms with Crippen LogP contribution in [0.1, 0.15) is 10.4 Å². The SMILES string of the molecule is CS(=O)(=O)c1ccc(Cl)c(C(=O)Oc2c(Cl)cc(Cl)cc2Cl)c1. The van der Waals surface area contributed by atoms with Crippen LogP contribution in [0.3, 0.4) is 0 Å². The molecule has 0 saturated carbocycles. The molecule has 23 heavy (non-hydrogen) atoms. The summed E-state index contributed by atoms with van der Waals surface area (Å²) in [5, 5.41) is 0.373. The smallest absolute Gasteiger partial charge is 0.345 e. The summed E-state index contributed by atoms with van der Waals surface area (Å²) < 4.78 is 28.3. The summed E-state index contributed by atoms with van der Waals surface area (Å²) in [5.74, 6) is -0.991. The molecule has 4 nitrogen and oxygen atoms in total. The zero-order valence-electron chi connectivity index (χ0n) is 11.4. The normalized spacial score (nSPS) is 11.3. The molecule has 0 aliphatic heterocycles. The first kappa shape index (κ1) is 18.4. The molecule has 0 N–H and O–H groups in total. The van der Waals surface area contributed by atoms with Crippen molar-refractivity contribution in [2.24, 2.45) is 0 Å². The molecule has 2 rings (SSSR count). The predicted octanol–water partition coefficient (Wildman–Crippen LogP) is 4.92. The summed E-state index contributed by atoms with van der Waals surface area (Å²) in [6, 6.07) is 6.41. The number of benzene rings is 2. The third kappa shape index (κ3) is 4.31. The van der Waals surface area contributed by atoms with Gasteiger partial charge in [0.25, 0.3) is 0 Å². The molecule has 9 heteroatoms. The zero-order chi connectivity index (χ0) is 17.4. The molecule has 0 fully saturated rings. The highest BCUT2D eigenvalue weighted by Crippen LogP contribution is 2.36. The molecule has 0 aliphatic carbocycles. The average Bonchev–Trinajstić information content (AvgIpc) is 2.41. The maximum Gasteiger partial charge on any atom is 0.345 e. The van der Waals surface area contributed by atoms with Crippen LogP contribution in [0.25, 0.3) is 0 Å². The largest absolute Gasteiger partial charge is 0.420 e. The molecule has 0 spiro atoms. The lowest BCUT2D eigenvalue weighted by molar-refractivity contribution is 0.0735. The zero-order valence-corrected chi connectivity index (χ0v) is 15.3. The minimum Gasteiger partial charge on any atom is -0.420 e. The Morgan fingerprint density at radius 1 is 0.957 bits per heavy atom. The molecule has 0 saturated heterocycles. The summed E-state index contributed by atoms with van der Waals surface area (Å²) >= 11 is 23.6. The predicted molar refractivity (Wildman–Crippen MR) is 91.0 cm³/mol. The summed E-state index contributed by atoms with van der Waals surface area (Å²) in [7, 11) is -3.51. The Labute approximate surface area is 152 Å². The molecular formula is C14H8Cl4O4S. The number of halogens is 4. The van der Waals surface area contributed by atoms with Crippen LogP contribution in [-0.4, -0.2) is 20.6 Å². The van der Waals surface area contributed by atoms with Gasteiger partial charge in [0.05, 0.1) is 25.5 Å². The number of carbonyl (C=O) groups is 1. The van der Waals surface area contributed by atoms with Crippen LogP contribution >= 0.6 is 46.4 Å². The first-order valence-corrected chi connectivity index (χ1v) is 9.36. The molecule has 0 unspecified atom stereocenters. The second-order valence-electron chi connectivity index (χ2n) is 4.50. The topological polar surface area (TPSA) is 60.4 Å². The fraction of sp³-hybridized carbons (Fsp3) is 0.0714. The minimum absolute atomic E-state index is 0.0311. The van der Waals surface area contributed by atoms with Gasteiger partial charge in [0.1, 0.15) is 0 Å². The summed E-state index contributed by atoms with van der Waals surface area (Å²) in [5.41, 5.74) is -0.128. The molecule has 0 heterocycles. The van der Waals surface area contributed by atoms with Crippen molar-refractivity contribution < 1.29 is 17.9 Å². The number of hydrogen-bond donors (Lipinski definition) is 0. The maximum atomic E-state index is 12.3. The lowest BCUT2D eigenvalue weighted by Gasteiger charge is -2.10. The van der Waals surface area contributed by atoms with Gasteiger partial charge in [0, 0.05) is 11.3 Å². The van der Waals surface area contributed by atoms with Crippen molar-refractivity contribution in [3.05, 3.63) is 56.0 Å². The van der Waals surface area contributed by atoms with Crippen molar-refractivity contribution in [3.63, 3.8) is 0 Å². The van der Waals surface area contributed by atoms with Gasteiger partial charge in [0.2, 0.25) is 0 Å². The second-order valence-corrected chi connectivity index (χ2v) is 8.18. The van der Waals surface area contributed by atoms with Crippen molar-refractivity contribution in [1.82, 2.24) is 0 Å². The number of sulfone groups is 1. The van der Waals surface area contributed by atoms with E-state index in [4.69, 9.17) is 51.1 Å². The van der Waals surface area contributed by atoms with Gasteiger partial charge in [-0.25, -0.2) is 13.2 Å². The highest BCUT2D eigenvalue weighted by Gasteiger charge is 2.20. The number of hydrogen-bond acceptors (Lipinski definition) is 4. The van der Waals surface area contributed by atoms with E-state index in [-0.39, 0.29) is 36.3 Å². The number of carbonyl (C=O) groups excluding carboxylic acids is 1. The van der Waals surface area contributed by atoms with Crippen LogP contribution in [-0.2, 0) is 9.84 Å². The van der Waals surface area contributed by atoms with Gasteiger partial charge < -0.3 is 4.74 Å². The van der Waals surface area contributed by atoms with Crippen LogP contribution in [0.4, 0.5) is 0 Å². The van der Waals surface area contributed by atoms with E-state index in [1.54, 1.807) is 0 Å². The summed E-state index contributed by atoms with van der Waals surface area (Å²) in [4.78, 5) is 12.2. The standard InChI is InChI=1S/C14H8Cl4O4S/c1-23(20,21)8-2-3-10(16)9(6-8)14(19)22-13-11(17)4-7(15)5-12(13)18/h2-6H,1H3. The second kappa shape index (κ2) is 6.87. The minimum atomic E-state index is -3.51. The fourth-order valence-electron chi connectivity index (χ4n) is 1.67. The lowest BCUT2D eigenvalue weighted by Crippen LogP contribution is -2.11. The highest BCUT2D eigenvalue weighted by molar-refractivity contribution is 7.90. The van der Waals surface area contributed by atoms with Crippen LogP contribution in [0.5, 0.6) is 5.75 Å². The molecule has 0 bridgehead atoms. The third-order valence-electron chi connectivity index (χ3n) is 2.74. The van der Waals surface area contributed by atoms with E-state index in [2.05, 4.69) is 0 Å². The fourth-order valence-corrected chi connectivity index (χ4v) is 3.40. The van der Waals surface area contributed by atoms with Gasteiger partial charge >= 0.3 is 5.97 Å². The molecule has 122 valence electrons. The van der Waals surface area contributed by atoms with Crippen molar-refractivity contribution >= 4 is 62.2 Å². The number of esters is 1. The highest BCUT2D eigenvalue weighted by atomic mass is 35.5. The first-order chi connectivity index (χ1) is 10.6. The molecule has 0 atom stereocenters. The Morgan fingerprint density at radius 3 is 2.04 bits per heavy atom. The van der Waals surface area contributed by atoms with E-state index in [1.807, 2.05) is 0 Å². The van der Waals surface area contributed by atoms with Crippen LogP contribution in [0.2, 0.25) is 20.1 Å². The van der Waals surface area contributed by atoms with E-state index in [9.17, 15) is 13.2 Å². The van der Waals surface area contributed by atoms with Gasteiger partial charge in [-0.3, -0.25) is 0 Å². The number of ether oxygens (including phenoxy) is 1. The molecular weight excluding hydrogens is 406 g/mol. The van der Waals surface area contributed by atoms with Gasteiger partial charge in [-0.2, -0.15) is 0 Å². The van der Waals surface area contributed by atoms with Crippen molar-refractivity contribution in [3.8, 4) is 5.75 Å². The first-order valence-electron chi connectivity index (χ1n) is 5.96. The monoisotopic (exact) mass is 412 g/mol. The molecule has 2 aromatic carbocycles. The van der Waals surface area contributed by atoms with Crippen molar-refractivity contribution in [2.75, 3.05) is 6.26 Å². The lowest BCUT2D eigenvalue weighted by atomic mass is 10.2. The number of rotatable bonds is 3. The molecule has 2 aromatic rings. The Hall–Kier alpha value is -0.980. The van der Waals surface area contributed by atoms with E-state index >= 15 is 0 Å². The van der Waals surface area contributed by atoms with Gasteiger partial charge in [-0.1, -0.05) is 46.4 Å². The van der Waals surface area contributed by atoms with Crippen LogP contribution in [0.15, 0.2) is 35.2 Å². The third-order valence-corrected chi connectivity index (χ3v) is 4.96. The Morgan fingerprint density at radius 2 is 1.52 bits per heavy atom.